The van der Waals surface area contributed by atoms with E-state index in [1.807, 2.05) is 19.1 Å². The highest BCUT2D eigenvalue weighted by Crippen LogP contribution is 2.40. The summed E-state index contributed by atoms with van der Waals surface area (Å²) in [6, 6.07) is 8.99. The average Bonchev–Trinajstić information content (AvgIpc) is 3.10. The van der Waals surface area contributed by atoms with Gasteiger partial charge in [-0.1, -0.05) is 35.0 Å². The zero-order valence-electron chi connectivity index (χ0n) is 13.9. The van der Waals surface area contributed by atoms with Crippen LogP contribution in [0.2, 0.25) is 5.02 Å². The van der Waals surface area contributed by atoms with Crippen molar-refractivity contribution in [1.82, 2.24) is 10.1 Å². The number of aryl methyl sites for hydroxylation is 2. The molecule has 0 amide bonds. The summed E-state index contributed by atoms with van der Waals surface area (Å²) >= 11 is 6.10. The van der Waals surface area contributed by atoms with Gasteiger partial charge in [0.1, 0.15) is 5.82 Å². The van der Waals surface area contributed by atoms with E-state index in [1.54, 1.807) is 13.0 Å². The fourth-order valence-electron chi connectivity index (χ4n) is 3.48. The second-order valence-electron chi connectivity index (χ2n) is 6.74. The van der Waals surface area contributed by atoms with Crippen molar-refractivity contribution >= 4 is 11.6 Å². The number of rotatable bonds is 2. The first-order chi connectivity index (χ1) is 11.8. The Morgan fingerprint density at radius 2 is 2.08 bits per heavy atom. The summed E-state index contributed by atoms with van der Waals surface area (Å²) in [7, 11) is 0. The quantitative estimate of drug-likeness (QED) is 0.726. The number of hydrogen-bond donors (Lipinski definition) is 1. The number of nitrogens with two attached hydrogens (primary N) is 1. The highest BCUT2D eigenvalue weighted by Gasteiger charge is 2.30. The standard InChI is InChI=1S/C19H17ClFN3O/c1-10-23-18(24-25-10)17-14(8-13(20)9-16(17)21)11-3-4-15-12(7-11)5-6-19(15,2)22/h3-4,7-9H,5-6,22H2,1-2H3. The minimum atomic E-state index is -0.479. The third-order valence-electron chi connectivity index (χ3n) is 4.75. The minimum absolute atomic E-state index is 0.214. The molecule has 4 rings (SSSR count). The lowest BCUT2D eigenvalue weighted by atomic mass is 9.92. The highest BCUT2D eigenvalue weighted by atomic mass is 35.5. The van der Waals surface area contributed by atoms with Crippen molar-refractivity contribution in [3.05, 3.63) is 58.2 Å². The van der Waals surface area contributed by atoms with Gasteiger partial charge in [-0.05, 0) is 54.2 Å². The molecule has 2 aromatic carbocycles. The van der Waals surface area contributed by atoms with Gasteiger partial charge in [-0.15, -0.1) is 0 Å². The molecule has 2 N–H and O–H groups in total. The highest BCUT2D eigenvalue weighted by molar-refractivity contribution is 6.31. The van der Waals surface area contributed by atoms with Crippen LogP contribution >= 0.6 is 11.6 Å². The Kier molecular flexibility index (Phi) is 3.67. The Labute approximate surface area is 149 Å². The van der Waals surface area contributed by atoms with Crippen LogP contribution in [0.5, 0.6) is 0 Å². The Bertz CT molecular complexity index is 981. The molecule has 1 atom stereocenters. The Balaban J connectivity index is 1.92. The molecule has 1 aromatic heterocycles. The van der Waals surface area contributed by atoms with Gasteiger partial charge in [0.15, 0.2) is 0 Å². The van der Waals surface area contributed by atoms with Gasteiger partial charge >= 0.3 is 0 Å². The molecule has 25 heavy (non-hydrogen) atoms. The molecule has 1 heterocycles. The first-order valence-corrected chi connectivity index (χ1v) is 8.45. The van der Waals surface area contributed by atoms with Crippen molar-refractivity contribution in [3.8, 4) is 22.5 Å². The predicted octanol–water partition coefficient (Wildman–Crippen LogP) is 4.62. The maximum Gasteiger partial charge on any atom is 0.223 e. The SMILES string of the molecule is Cc1nc(-c2c(F)cc(Cl)cc2-c2ccc3c(c2)CCC3(C)N)no1. The third kappa shape index (κ3) is 2.73. The molecule has 6 heteroatoms. The number of aromatic nitrogens is 2. The maximum absolute atomic E-state index is 14.7. The number of fused-ring (bicyclic) bond motifs is 1. The summed E-state index contributed by atoms with van der Waals surface area (Å²) in [5, 5.41) is 4.19. The van der Waals surface area contributed by atoms with Crippen LogP contribution < -0.4 is 5.73 Å². The van der Waals surface area contributed by atoms with Crippen LogP contribution in [0.15, 0.2) is 34.9 Å². The summed E-state index contributed by atoms with van der Waals surface area (Å²) < 4.78 is 19.7. The summed E-state index contributed by atoms with van der Waals surface area (Å²) in [4.78, 5) is 4.17. The Morgan fingerprint density at radius 3 is 2.80 bits per heavy atom. The number of benzene rings is 2. The lowest BCUT2D eigenvalue weighted by molar-refractivity contribution is 0.394. The average molecular weight is 358 g/mol. The molecule has 1 aliphatic rings. The number of halogens is 2. The molecule has 128 valence electrons. The molecular formula is C19H17ClFN3O. The lowest BCUT2D eigenvalue weighted by Gasteiger charge is -2.19. The second kappa shape index (κ2) is 5.64. The van der Waals surface area contributed by atoms with Crippen molar-refractivity contribution in [2.24, 2.45) is 5.73 Å². The zero-order chi connectivity index (χ0) is 17.8. The maximum atomic E-state index is 14.7. The molecular weight excluding hydrogens is 341 g/mol. The van der Waals surface area contributed by atoms with Gasteiger partial charge in [-0.2, -0.15) is 4.98 Å². The molecule has 1 unspecified atom stereocenters. The van der Waals surface area contributed by atoms with Gasteiger partial charge in [-0.3, -0.25) is 0 Å². The Hall–Kier alpha value is -2.24. The molecule has 1 aliphatic carbocycles. The van der Waals surface area contributed by atoms with E-state index in [9.17, 15) is 4.39 Å². The van der Waals surface area contributed by atoms with E-state index in [0.29, 0.717) is 16.5 Å². The van der Waals surface area contributed by atoms with E-state index in [-0.39, 0.29) is 16.9 Å². The Morgan fingerprint density at radius 1 is 1.28 bits per heavy atom. The van der Waals surface area contributed by atoms with Crippen LogP contribution in [0.1, 0.15) is 30.4 Å². The number of hydrogen-bond acceptors (Lipinski definition) is 4. The monoisotopic (exact) mass is 357 g/mol. The van der Waals surface area contributed by atoms with E-state index in [2.05, 4.69) is 16.2 Å². The molecule has 0 bridgehead atoms. The van der Waals surface area contributed by atoms with Crippen LogP contribution in [0.25, 0.3) is 22.5 Å². The number of nitrogens with zero attached hydrogens (tertiary/aromatic N) is 2. The van der Waals surface area contributed by atoms with Crippen LogP contribution in [0.3, 0.4) is 0 Å². The van der Waals surface area contributed by atoms with Crippen molar-refractivity contribution in [1.29, 1.82) is 0 Å². The molecule has 0 radical (unpaired) electrons. The van der Waals surface area contributed by atoms with Crippen molar-refractivity contribution < 1.29 is 8.91 Å². The van der Waals surface area contributed by atoms with E-state index < -0.39 is 5.82 Å². The van der Waals surface area contributed by atoms with Gasteiger partial charge in [-0.25, -0.2) is 4.39 Å². The molecule has 0 aliphatic heterocycles. The predicted molar refractivity (Wildman–Crippen MR) is 94.7 cm³/mol. The second-order valence-corrected chi connectivity index (χ2v) is 7.17. The van der Waals surface area contributed by atoms with Gasteiger partial charge in [0.25, 0.3) is 0 Å². The minimum Gasteiger partial charge on any atom is -0.339 e. The smallest absolute Gasteiger partial charge is 0.223 e. The van der Waals surface area contributed by atoms with Crippen LogP contribution in [-0.2, 0) is 12.0 Å². The fraction of sp³-hybridized carbons (Fsp3) is 0.263. The topological polar surface area (TPSA) is 64.9 Å². The molecule has 3 aromatic rings. The fourth-order valence-corrected chi connectivity index (χ4v) is 3.69. The van der Waals surface area contributed by atoms with E-state index >= 15 is 0 Å². The van der Waals surface area contributed by atoms with Crippen LogP contribution in [0.4, 0.5) is 4.39 Å². The third-order valence-corrected chi connectivity index (χ3v) is 4.97. The van der Waals surface area contributed by atoms with E-state index in [0.717, 1.165) is 24.0 Å². The summed E-state index contributed by atoms with van der Waals surface area (Å²) in [6.07, 6.45) is 1.79. The van der Waals surface area contributed by atoms with Gasteiger partial charge in [0, 0.05) is 17.5 Å². The summed E-state index contributed by atoms with van der Waals surface area (Å²) in [5.41, 5.74) is 10.1. The first kappa shape index (κ1) is 16.2. The van der Waals surface area contributed by atoms with E-state index in [4.69, 9.17) is 21.9 Å². The lowest BCUT2D eigenvalue weighted by Crippen LogP contribution is -2.29. The van der Waals surface area contributed by atoms with E-state index in [1.165, 1.54) is 11.6 Å². The molecule has 4 nitrogen and oxygen atoms in total. The van der Waals surface area contributed by atoms with Gasteiger partial charge < -0.3 is 10.3 Å². The summed E-state index contributed by atoms with van der Waals surface area (Å²) in [6.45, 7) is 3.70. The van der Waals surface area contributed by atoms with Gasteiger partial charge in [0.05, 0.1) is 5.56 Å². The molecule has 0 saturated carbocycles. The van der Waals surface area contributed by atoms with Crippen molar-refractivity contribution in [3.63, 3.8) is 0 Å². The normalized spacial score (nSPS) is 19.2. The van der Waals surface area contributed by atoms with Crippen molar-refractivity contribution in [2.75, 3.05) is 0 Å². The van der Waals surface area contributed by atoms with Crippen LogP contribution in [0, 0.1) is 12.7 Å². The van der Waals surface area contributed by atoms with Crippen molar-refractivity contribution in [2.45, 2.75) is 32.2 Å². The van der Waals surface area contributed by atoms with Crippen LogP contribution in [-0.4, -0.2) is 10.1 Å². The molecule has 0 spiro atoms. The largest absolute Gasteiger partial charge is 0.339 e. The molecule has 0 saturated heterocycles. The summed E-state index contributed by atoms with van der Waals surface area (Å²) in [5.74, 6) is 0.112. The first-order valence-electron chi connectivity index (χ1n) is 8.07. The van der Waals surface area contributed by atoms with Gasteiger partial charge in [0.2, 0.25) is 11.7 Å². The molecule has 0 fully saturated rings. The zero-order valence-corrected chi connectivity index (χ0v) is 14.7.